The standard InChI is InChI=1S/C18H22N2O5S2/c1-5-15-12(2)10-16(26-15)18(22)25-11-17(21)19-13-6-8-14(9-7-13)27(23,24)20(3)4/h6-10H,5,11H2,1-4H3,(H,19,21). The first kappa shape index (κ1) is 21.1. The topological polar surface area (TPSA) is 92.8 Å². The molecule has 0 fully saturated rings. The van der Waals surface area contributed by atoms with E-state index >= 15 is 0 Å². The van der Waals surface area contributed by atoms with Gasteiger partial charge >= 0.3 is 5.97 Å². The highest BCUT2D eigenvalue weighted by Crippen LogP contribution is 2.23. The average Bonchev–Trinajstić information content (AvgIpc) is 3.01. The van der Waals surface area contributed by atoms with Crippen LogP contribution in [0.15, 0.2) is 35.2 Å². The van der Waals surface area contributed by atoms with Crippen molar-refractivity contribution in [3.8, 4) is 0 Å². The van der Waals surface area contributed by atoms with Gasteiger partial charge in [0.05, 0.1) is 4.90 Å². The Morgan fingerprint density at radius 2 is 1.81 bits per heavy atom. The van der Waals surface area contributed by atoms with E-state index in [4.69, 9.17) is 4.74 Å². The van der Waals surface area contributed by atoms with E-state index in [9.17, 15) is 18.0 Å². The number of aryl methyl sites for hydroxylation is 2. The maximum Gasteiger partial charge on any atom is 0.348 e. The molecule has 0 unspecified atom stereocenters. The van der Waals surface area contributed by atoms with Gasteiger partial charge < -0.3 is 10.1 Å². The molecule has 7 nitrogen and oxygen atoms in total. The van der Waals surface area contributed by atoms with Gasteiger partial charge in [0.1, 0.15) is 4.88 Å². The molecule has 27 heavy (non-hydrogen) atoms. The van der Waals surface area contributed by atoms with Crippen LogP contribution in [0.5, 0.6) is 0 Å². The van der Waals surface area contributed by atoms with Gasteiger partial charge in [0.2, 0.25) is 10.0 Å². The second-order valence-electron chi connectivity index (χ2n) is 6.01. The zero-order chi connectivity index (χ0) is 20.2. The van der Waals surface area contributed by atoms with Crippen LogP contribution in [0.1, 0.15) is 27.0 Å². The minimum atomic E-state index is -3.53. The summed E-state index contributed by atoms with van der Waals surface area (Å²) < 4.78 is 30.2. The first-order chi connectivity index (χ1) is 12.6. The SMILES string of the molecule is CCc1sc(C(=O)OCC(=O)Nc2ccc(S(=O)(=O)N(C)C)cc2)cc1C. The smallest absolute Gasteiger partial charge is 0.348 e. The van der Waals surface area contributed by atoms with Crippen LogP contribution in [0.25, 0.3) is 0 Å². The van der Waals surface area contributed by atoms with Crippen molar-refractivity contribution in [3.63, 3.8) is 0 Å². The van der Waals surface area contributed by atoms with E-state index in [1.807, 2.05) is 13.8 Å². The molecule has 0 radical (unpaired) electrons. The minimum Gasteiger partial charge on any atom is -0.451 e. The molecule has 1 amide bonds. The fraction of sp³-hybridized carbons (Fsp3) is 0.333. The molecular formula is C18H22N2O5S2. The molecule has 1 N–H and O–H groups in total. The van der Waals surface area contributed by atoms with Gasteiger partial charge in [-0.2, -0.15) is 0 Å². The zero-order valence-corrected chi connectivity index (χ0v) is 17.2. The van der Waals surface area contributed by atoms with E-state index in [2.05, 4.69) is 5.32 Å². The first-order valence-corrected chi connectivity index (χ1v) is 10.5. The van der Waals surface area contributed by atoms with E-state index in [0.717, 1.165) is 21.2 Å². The number of hydrogen-bond donors (Lipinski definition) is 1. The zero-order valence-electron chi connectivity index (χ0n) is 15.6. The number of carbonyl (C=O) groups excluding carboxylic acids is 2. The summed E-state index contributed by atoms with van der Waals surface area (Å²) in [6.45, 7) is 3.52. The number of anilines is 1. The molecule has 0 aliphatic carbocycles. The van der Waals surface area contributed by atoms with Crippen LogP contribution in [0.4, 0.5) is 5.69 Å². The predicted octanol–water partition coefficient (Wildman–Crippen LogP) is 2.66. The number of ether oxygens (including phenoxy) is 1. The third kappa shape index (κ3) is 5.15. The van der Waals surface area contributed by atoms with Crippen molar-refractivity contribution in [2.24, 2.45) is 0 Å². The third-order valence-electron chi connectivity index (χ3n) is 3.79. The number of carbonyl (C=O) groups is 2. The van der Waals surface area contributed by atoms with Crippen LogP contribution in [-0.4, -0.2) is 45.3 Å². The van der Waals surface area contributed by atoms with E-state index in [0.29, 0.717) is 10.6 Å². The Kier molecular flexibility index (Phi) is 6.74. The molecule has 2 aromatic rings. The molecule has 9 heteroatoms. The summed E-state index contributed by atoms with van der Waals surface area (Å²) in [5.74, 6) is -1.04. The molecule has 2 rings (SSSR count). The highest BCUT2D eigenvalue weighted by Gasteiger charge is 2.17. The normalized spacial score (nSPS) is 11.4. The summed E-state index contributed by atoms with van der Waals surface area (Å²) in [6, 6.07) is 7.52. The maximum absolute atomic E-state index is 12.0. The van der Waals surface area contributed by atoms with Gasteiger partial charge in [-0.25, -0.2) is 17.5 Å². The van der Waals surface area contributed by atoms with Gasteiger partial charge in [-0.1, -0.05) is 6.92 Å². The summed E-state index contributed by atoms with van der Waals surface area (Å²) in [6.07, 6.45) is 0.837. The fourth-order valence-electron chi connectivity index (χ4n) is 2.29. The van der Waals surface area contributed by atoms with Crippen LogP contribution >= 0.6 is 11.3 Å². The number of benzene rings is 1. The quantitative estimate of drug-likeness (QED) is 0.709. The Morgan fingerprint density at radius 3 is 2.33 bits per heavy atom. The summed E-state index contributed by atoms with van der Waals surface area (Å²) in [4.78, 5) is 25.7. The van der Waals surface area contributed by atoms with E-state index in [-0.39, 0.29) is 4.90 Å². The van der Waals surface area contributed by atoms with Crippen LogP contribution in [-0.2, 0) is 26.0 Å². The van der Waals surface area contributed by atoms with Crippen LogP contribution in [0, 0.1) is 6.92 Å². The largest absolute Gasteiger partial charge is 0.451 e. The highest BCUT2D eigenvalue weighted by atomic mass is 32.2. The molecule has 146 valence electrons. The first-order valence-electron chi connectivity index (χ1n) is 8.24. The number of nitrogens with one attached hydrogen (secondary N) is 1. The van der Waals surface area contributed by atoms with Crippen molar-refractivity contribution < 1.29 is 22.7 Å². The van der Waals surface area contributed by atoms with Gasteiger partial charge in [0.15, 0.2) is 6.61 Å². The lowest BCUT2D eigenvalue weighted by atomic mass is 10.2. The van der Waals surface area contributed by atoms with E-state index in [1.54, 1.807) is 6.07 Å². The van der Waals surface area contributed by atoms with Crippen molar-refractivity contribution in [1.82, 2.24) is 4.31 Å². The second-order valence-corrected chi connectivity index (χ2v) is 9.30. The van der Waals surface area contributed by atoms with Crippen molar-refractivity contribution in [3.05, 3.63) is 45.6 Å². The van der Waals surface area contributed by atoms with Crippen molar-refractivity contribution in [1.29, 1.82) is 0 Å². The third-order valence-corrected chi connectivity index (χ3v) is 6.98. The molecular weight excluding hydrogens is 388 g/mol. The minimum absolute atomic E-state index is 0.122. The van der Waals surface area contributed by atoms with Gasteiger partial charge in [-0.05, 0) is 49.2 Å². The number of nitrogens with zero attached hydrogens (tertiary/aromatic N) is 1. The summed E-state index contributed by atoms with van der Waals surface area (Å²) in [7, 11) is -0.641. The van der Waals surface area contributed by atoms with E-state index < -0.39 is 28.5 Å². The Balaban J connectivity index is 1.93. The molecule has 1 aromatic heterocycles. The predicted molar refractivity (Wildman–Crippen MR) is 105 cm³/mol. The number of rotatable bonds is 7. The number of hydrogen-bond acceptors (Lipinski definition) is 6. The maximum atomic E-state index is 12.0. The van der Waals surface area contributed by atoms with Gasteiger partial charge in [-0.15, -0.1) is 11.3 Å². The average molecular weight is 411 g/mol. The fourth-order valence-corrected chi connectivity index (χ4v) is 4.20. The monoisotopic (exact) mass is 410 g/mol. The van der Waals surface area contributed by atoms with Crippen molar-refractivity contribution in [2.45, 2.75) is 25.2 Å². The number of amides is 1. The molecule has 1 heterocycles. The molecule has 0 saturated heterocycles. The number of esters is 1. The molecule has 1 aromatic carbocycles. The van der Waals surface area contributed by atoms with Crippen molar-refractivity contribution in [2.75, 3.05) is 26.0 Å². The molecule has 0 atom stereocenters. The van der Waals surface area contributed by atoms with Crippen LogP contribution < -0.4 is 5.32 Å². The molecule has 0 saturated carbocycles. The number of sulfonamides is 1. The summed E-state index contributed by atoms with van der Waals surface area (Å²) in [5, 5.41) is 2.56. The van der Waals surface area contributed by atoms with Crippen LogP contribution in [0.2, 0.25) is 0 Å². The molecule has 0 spiro atoms. The second kappa shape index (κ2) is 8.64. The Labute approximate surface area is 163 Å². The molecule has 0 aliphatic heterocycles. The van der Waals surface area contributed by atoms with Crippen LogP contribution in [0.3, 0.4) is 0 Å². The summed E-state index contributed by atoms with van der Waals surface area (Å²) >= 11 is 1.36. The van der Waals surface area contributed by atoms with E-state index in [1.165, 1.54) is 49.7 Å². The Bertz CT molecular complexity index is 931. The van der Waals surface area contributed by atoms with Gasteiger partial charge in [0, 0.05) is 24.7 Å². The van der Waals surface area contributed by atoms with Gasteiger partial charge in [0.25, 0.3) is 5.91 Å². The lowest BCUT2D eigenvalue weighted by molar-refractivity contribution is -0.119. The lowest BCUT2D eigenvalue weighted by Crippen LogP contribution is -2.22. The lowest BCUT2D eigenvalue weighted by Gasteiger charge is -2.12. The molecule has 0 bridgehead atoms. The van der Waals surface area contributed by atoms with Gasteiger partial charge in [-0.3, -0.25) is 4.79 Å². The van der Waals surface area contributed by atoms with Crippen molar-refractivity contribution >= 4 is 38.9 Å². The molecule has 0 aliphatic rings. The summed E-state index contributed by atoms with van der Waals surface area (Å²) in [5.41, 5.74) is 1.45. The number of thiophene rings is 1. The Morgan fingerprint density at radius 1 is 1.19 bits per heavy atom. The highest BCUT2D eigenvalue weighted by molar-refractivity contribution is 7.89. The Hall–Kier alpha value is -2.23.